The van der Waals surface area contributed by atoms with E-state index in [1.165, 1.54) is 0 Å². The molecular formula is C8H17N3O. The minimum absolute atomic E-state index is 0.103. The normalized spacial score (nSPS) is 24.3. The molecule has 1 aliphatic rings. The molecule has 3 N–H and O–H groups in total. The highest BCUT2D eigenvalue weighted by molar-refractivity contribution is 5.77. The standard InChI is InChI=1S/C8H17N3O/c1-2-10-8(12)6-11-4-3-7(9)5-11/h7H,2-6,9H2,1H3,(H,10,12)/t7-/m1/s1. The van der Waals surface area contributed by atoms with Gasteiger partial charge in [0.15, 0.2) is 0 Å². The molecule has 70 valence electrons. The van der Waals surface area contributed by atoms with Crippen LogP contribution in [0.3, 0.4) is 0 Å². The van der Waals surface area contributed by atoms with Crippen molar-refractivity contribution >= 4 is 5.91 Å². The average molecular weight is 171 g/mol. The van der Waals surface area contributed by atoms with E-state index in [0.29, 0.717) is 13.1 Å². The second-order valence-corrected chi connectivity index (χ2v) is 3.24. The zero-order valence-corrected chi connectivity index (χ0v) is 7.55. The van der Waals surface area contributed by atoms with Crippen LogP contribution in [0, 0.1) is 0 Å². The molecule has 4 nitrogen and oxygen atoms in total. The van der Waals surface area contributed by atoms with Crippen LogP contribution in [0.5, 0.6) is 0 Å². The van der Waals surface area contributed by atoms with E-state index in [0.717, 1.165) is 19.5 Å². The third kappa shape index (κ3) is 2.79. The summed E-state index contributed by atoms with van der Waals surface area (Å²) in [4.78, 5) is 13.2. The molecule has 1 fully saturated rings. The van der Waals surface area contributed by atoms with Gasteiger partial charge in [0.2, 0.25) is 5.91 Å². The number of nitrogens with two attached hydrogens (primary N) is 1. The number of hydrogen-bond donors (Lipinski definition) is 2. The Morgan fingerprint density at radius 2 is 2.50 bits per heavy atom. The van der Waals surface area contributed by atoms with Crippen molar-refractivity contribution in [3.8, 4) is 0 Å². The van der Waals surface area contributed by atoms with Crippen LogP contribution in [0.2, 0.25) is 0 Å². The first-order valence-corrected chi connectivity index (χ1v) is 4.47. The van der Waals surface area contributed by atoms with Crippen LogP contribution in [0.1, 0.15) is 13.3 Å². The fourth-order valence-corrected chi connectivity index (χ4v) is 1.46. The van der Waals surface area contributed by atoms with Crippen molar-refractivity contribution < 1.29 is 4.79 Å². The summed E-state index contributed by atoms with van der Waals surface area (Å²) in [7, 11) is 0. The van der Waals surface area contributed by atoms with Crippen LogP contribution in [0.25, 0.3) is 0 Å². The van der Waals surface area contributed by atoms with Crippen molar-refractivity contribution in [2.75, 3.05) is 26.2 Å². The van der Waals surface area contributed by atoms with Crippen LogP contribution in [-0.4, -0.2) is 43.0 Å². The van der Waals surface area contributed by atoms with E-state index in [1.807, 2.05) is 6.92 Å². The SMILES string of the molecule is CCNC(=O)CN1CC[C@@H](N)C1. The van der Waals surface area contributed by atoms with Gasteiger partial charge < -0.3 is 11.1 Å². The van der Waals surface area contributed by atoms with Crippen molar-refractivity contribution in [2.45, 2.75) is 19.4 Å². The number of likely N-dealkylation sites (N-methyl/N-ethyl adjacent to an activating group) is 1. The van der Waals surface area contributed by atoms with Gasteiger partial charge in [-0.3, -0.25) is 9.69 Å². The summed E-state index contributed by atoms with van der Waals surface area (Å²) in [6.07, 6.45) is 1.01. The molecular weight excluding hydrogens is 154 g/mol. The molecule has 0 radical (unpaired) electrons. The summed E-state index contributed by atoms with van der Waals surface area (Å²) in [6.45, 7) is 4.95. The highest BCUT2D eigenvalue weighted by atomic mass is 16.2. The number of nitrogens with one attached hydrogen (secondary N) is 1. The minimum atomic E-state index is 0.103. The molecule has 1 saturated heterocycles. The van der Waals surface area contributed by atoms with Gasteiger partial charge in [-0.1, -0.05) is 0 Å². The molecule has 0 aromatic carbocycles. The molecule has 12 heavy (non-hydrogen) atoms. The Morgan fingerprint density at radius 3 is 3.00 bits per heavy atom. The quantitative estimate of drug-likeness (QED) is 0.582. The predicted octanol–water partition coefficient (Wildman–Crippen LogP) is -0.844. The molecule has 0 aliphatic carbocycles. The molecule has 1 rings (SSSR count). The van der Waals surface area contributed by atoms with Crippen LogP contribution in [0.4, 0.5) is 0 Å². The van der Waals surface area contributed by atoms with Crippen molar-refractivity contribution in [1.82, 2.24) is 10.2 Å². The van der Waals surface area contributed by atoms with Gasteiger partial charge in [0.1, 0.15) is 0 Å². The maximum atomic E-state index is 11.1. The topological polar surface area (TPSA) is 58.4 Å². The van der Waals surface area contributed by atoms with Crippen molar-refractivity contribution in [3.63, 3.8) is 0 Å². The predicted molar refractivity (Wildman–Crippen MR) is 47.7 cm³/mol. The fourth-order valence-electron chi connectivity index (χ4n) is 1.46. The molecule has 1 amide bonds. The number of carbonyl (C=O) groups is 1. The summed E-state index contributed by atoms with van der Waals surface area (Å²) < 4.78 is 0. The molecule has 0 aromatic rings. The number of hydrogen-bond acceptors (Lipinski definition) is 3. The molecule has 0 aromatic heterocycles. The Balaban J connectivity index is 2.18. The lowest BCUT2D eigenvalue weighted by molar-refractivity contribution is -0.121. The second kappa shape index (κ2) is 4.42. The maximum absolute atomic E-state index is 11.1. The van der Waals surface area contributed by atoms with E-state index in [1.54, 1.807) is 0 Å². The lowest BCUT2D eigenvalue weighted by Gasteiger charge is -2.13. The molecule has 4 heteroatoms. The minimum Gasteiger partial charge on any atom is -0.355 e. The van der Waals surface area contributed by atoms with Crippen molar-refractivity contribution in [2.24, 2.45) is 5.73 Å². The van der Waals surface area contributed by atoms with Crippen molar-refractivity contribution in [1.29, 1.82) is 0 Å². The van der Waals surface area contributed by atoms with Gasteiger partial charge in [-0.15, -0.1) is 0 Å². The Labute approximate surface area is 73.1 Å². The fraction of sp³-hybridized carbons (Fsp3) is 0.875. The summed E-state index contributed by atoms with van der Waals surface area (Å²) in [5.74, 6) is 0.103. The zero-order chi connectivity index (χ0) is 8.97. The Kier molecular flexibility index (Phi) is 3.49. The van der Waals surface area contributed by atoms with Crippen LogP contribution in [-0.2, 0) is 4.79 Å². The number of rotatable bonds is 3. The van der Waals surface area contributed by atoms with E-state index in [2.05, 4.69) is 10.2 Å². The van der Waals surface area contributed by atoms with E-state index >= 15 is 0 Å². The van der Waals surface area contributed by atoms with E-state index < -0.39 is 0 Å². The summed E-state index contributed by atoms with van der Waals surface area (Å²) in [5.41, 5.74) is 5.70. The Morgan fingerprint density at radius 1 is 1.75 bits per heavy atom. The second-order valence-electron chi connectivity index (χ2n) is 3.24. The van der Waals surface area contributed by atoms with Gasteiger partial charge in [0, 0.05) is 25.7 Å². The monoisotopic (exact) mass is 171 g/mol. The number of carbonyl (C=O) groups excluding carboxylic acids is 1. The first-order valence-electron chi connectivity index (χ1n) is 4.47. The maximum Gasteiger partial charge on any atom is 0.234 e. The summed E-state index contributed by atoms with van der Waals surface area (Å²) in [6, 6.07) is 0.263. The summed E-state index contributed by atoms with van der Waals surface area (Å²) >= 11 is 0. The lowest BCUT2D eigenvalue weighted by atomic mass is 10.3. The van der Waals surface area contributed by atoms with E-state index in [9.17, 15) is 4.79 Å². The summed E-state index contributed by atoms with van der Waals surface area (Å²) in [5, 5.41) is 2.77. The van der Waals surface area contributed by atoms with Gasteiger partial charge in [0.05, 0.1) is 6.54 Å². The zero-order valence-electron chi connectivity index (χ0n) is 7.55. The lowest BCUT2D eigenvalue weighted by Crippen LogP contribution is -2.37. The molecule has 0 spiro atoms. The van der Waals surface area contributed by atoms with Gasteiger partial charge in [-0.05, 0) is 13.3 Å². The first kappa shape index (κ1) is 9.48. The Hall–Kier alpha value is -0.610. The Bertz CT molecular complexity index is 160. The molecule has 0 unspecified atom stereocenters. The largest absolute Gasteiger partial charge is 0.355 e. The molecule has 1 atom stereocenters. The molecule has 1 aliphatic heterocycles. The number of amides is 1. The molecule has 0 saturated carbocycles. The van der Waals surface area contributed by atoms with Gasteiger partial charge in [-0.2, -0.15) is 0 Å². The smallest absolute Gasteiger partial charge is 0.234 e. The first-order chi connectivity index (χ1) is 5.72. The molecule has 1 heterocycles. The third-order valence-corrected chi connectivity index (χ3v) is 2.05. The average Bonchev–Trinajstić information content (AvgIpc) is 2.36. The highest BCUT2D eigenvalue weighted by Crippen LogP contribution is 2.05. The third-order valence-electron chi connectivity index (χ3n) is 2.05. The number of likely N-dealkylation sites (tertiary alicyclic amines) is 1. The van der Waals surface area contributed by atoms with E-state index in [-0.39, 0.29) is 11.9 Å². The van der Waals surface area contributed by atoms with Crippen LogP contribution in [0.15, 0.2) is 0 Å². The number of nitrogens with zero attached hydrogens (tertiary/aromatic N) is 1. The highest BCUT2D eigenvalue weighted by Gasteiger charge is 2.20. The van der Waals surface area contributed by atoms with Gasteiger partial charge in [0.25, 0.3) is 0 Å². The van der Waals surface area contributed by atoms with Gasteiger partial charge >= 0.3 is 0 Å². The van der Waals surface area contributed by atoms with Crippen LogP contribution >= 0.6 is 0 Å². The van der Waals surface area contributed by atoms with E-state index in [4.69, 9.17) is 5.73 Å². The van der Waals surface area contributed by atoms with Crippen LogP contribution < -0.4 is 11.1 Å². The molecule has 0 bridgehead atoms. The van der Waals surface area contributed by atoms with Gasteiger partial charge in [-0.25, -0.2) is 0 Å². The van der Waals surface area contributed by atoms with Crippen molar-refractivity contribution in [3.05, 3.63) is 0 Å².